The highest BCUT2D eigenvalue weighted by Gasteiger charge is 2.06. The largest absolute Gasteiger partial charge is 0.476 e. The van der Waals surface area contributed by atoms with Crippen LogP contribution in [-0.4, -0.2) is 20.9 Å². The van der Waals surface area contributed by atoms with Crippen molar-refractivity contribution >= 4 is 5.97 Å². The van der Waals surface area contributed by atoms with E-state index in [9.17, 15) is 4.79 Å². The van der Waals surface area contributed by atoms with Crippen LogP contribution < -0.4 is 4.74 Å². The van der Waals surface area contributed by atoms with Crippen LogP contribution in [0.4, 0.5) is 0 Å². The summed E-state index contributed by atoms with van der Waals surface area (Å²) in [6.45, 7) is 4.45. The molecular formula is C14H16N2O3. The number of carboxylic acid groups (broad SMARTS) is 1. The van der Waals surface area contributed by atoms with E-state index in [4.69, 9.17) is 9.84 Å². The van der Waals surface area contributed by atoms with Gasteiger partial charge in [-0.05, 0) is 29.7 Å². The van der Waals surface area contributed by atoms with Gasteiger partial charge in [0.05, 0.1) is 0 Å². The van der Waals surface area contributed by atoms with Gasteiger partial charge in [-0.3, -0.25) is 0 Å². The van der Waals surface area contributed by atoms with Gasteiger partial charge in [0.25, 0.3) is 0 Å². The number of carbonyl (C=O) groups is 1. The molecule has 5 nitrogen and oxygen atoms in total. The first kappa shape index (κ1) is 13.1. The topological polar surface area (TPSA) is 64.3 Å². The van der Waals surface area contributed by atoms with Crippen LogP contribution in [0.5, 0.6) is 5.75 Å². The molecule has 0 atom stereocenters. The molecule has 0 aliphatic carbocycles. The zero-order valence-corrected chi connectivity index (χ0v) is 10.9. The lowest BCUT2D eigenvalue weighted by atomic mass is 10.0. The summed E-state index contributed by atoms with van der Waals surface area (Å²) in [7, 11) is 0. The van der Waals surface area contributed by atoms with E-state index >= 15 is 0 Å². The number of ether oxygens (including phenoxy) is 1. The van der Waals surface area contributed by atoms with Crippen molar-refractivity contribution in [1.29, 1.82) is 0 Å². The van der Waals surface area contributed by atoms with E-state index in [0.29, 0.717) is 5.92 Å². The molecular weight excluding hydrogens is 244 g/mol. The van der Waals surface area contributed by atoms with Crippen molar-refractivity contribution in [3.8, 4) is 5.75 Å². The number of nitrogens with zero attached hydrogens (tertiary/aromatic N) is 2. The summed E-state index contributed by atoms with van der Waals surface area (Å²) in [5.74, 6) is 0.176. The lowest BCUT2D eigenvalue weighted by Crippen LogP contribution is -2.07. The van der Waals surface area contributed by atoms with Gasteiger partial charge in [-0.2, -0.15) is 5.10 Å². The standard InChI is InChI=1S/C14H16N2O3/c1-10(2)11-3-5-12(6-4-11)19-9-16-8-7-13(15-16)14(17)18/h3-8,10H,9H2,1-2H3,(H,17,18). The molecule has 100 valence electrons. The quantitative estimate of drug-likeness (QED) is 0.897. The van der Waals surface area contributed by atoms with Crippen LogP contribution in [0.3, 0.4) is 0 Å². The summed E-state index contributed by atoms with van der Waals surface area (Å²) >= 11 is 0. The van der Waals surface area contributed by atoms with Crippen LogP contribution >= 0.6 is 0 Å². The second-order valence-corrected chi connectivity index (χ2v) is 4.54. The Morgan fingerprint density at radius 1 is 1.32 bits per heavy atom. The maximum absolute atomic E-state index is 10.7. The summed E-state index contributed by atoms with van der Waals surface area (Å²) in [6.07, 6.45) is 1.58. The number of benzene rings is 1. The van der Waals surface area contributed by atoms with Crippen molar-refractivity contribution in [1.82, 2.24) is 9.78 Å². The molecule has 1 aromatic heterocycles. The highest BCUT2D eigenvalue weighted by atomic mass is 16.5. The molecule has 0 amide bonds. The molecule has 0 unspecified atom stereocenters. The monoisotopic (exact) mass is 260 g/mol. The molecule has 19 heavy (non-hydrogen) atoms. The van der Waals surface area contributed by atoms with Crippen LogP contribution in [0.15, 0.2) is 36.5 Å². The predicted molar refractivity (Wildman–Crippen MR) is 70.3 cm³/mol. The molecule has 0 saturated carbocycles. The average Bonchev–Trinajstić information content (AvgIpc) is 2.86. The van der Waals surface area contributed by atoms with Gasteiger partial charge in [0.2, 0.25) is 0 Å². The molecule has 0 bridgehead atoms. The summed E-state index contributed by atoms with van der Waals surface area (Å²) < 4.78 is 6.97. The first-order valence-electron chi connectivity index (χ1n) is 6.06. The summed E-state index contributed by atoms with van der Waals surface area (Å²) in [4.78, 5) is 10.7. The SMILES string of the molecule is CC(C)c1ccc(OCn2ccc(C(=O)O)n2)cc1. The summed E-state index contributed by atoms with van der Waals surface area (Å²) in [5, 5.41) is 12.6. The number of aromatic nitrogens is 2. The minimum atomic E-state index is -1.04. The molecule has 2 aromatic rings. The maximum atomic E-state index is 10.7. The fraction of sp³-hybridized carbons (Fsp3) is 0.286. The van der Waals surface area contributed by atoms with Crippen molar-refractivity contribution in [2.45, 2.75) is 26.5 Å². The van der Waals surface area contributed by atoms with Crippen molar-refractivity contribution in [2.75, 3.05) is 0 Å². The minimum Gasteiger partial charge on any atom is -0.476 e. The summed E-state index contributed by atoms with van der Waals surface area (Å²) in [6, 6.07) is 9.28. The van der Waals surface area contributed by atoms with Gasteiger partial charge in [-0.25, -0.2) is 9.48 Å². The van der Waals surface area contributed by atoms with Crippen molar-refractivity contribution < 1.29 is 14.6 Å². The lowest BCUT2D eigenvalue weighted by Gasteiger charge is -2.08. The van der Waals surface area contributed by atoms with Crippen molar-refractivity contribution in [3.05, 3.63) is 47.8 Å². The number of carboxylic acids is 1. The molecule has 1 aromatic carbocycles. The number of hydrogen-bond donors (Lipinski definition) is 1. The third-order valence-electron chi connectivity index (χ3n) is 2.77. The first-order valence-corrected chi connectivity index (χ1v) is 6.06. The number of aromatic carboxylic acids is 1. The smallest absolute Gasteiger partial charge is 0.356 e. The van der Waals surface area contributed by atoms with Gasteiger partial charge in [-0.1, -0.05) is 26.0 Å². The van der Waals surface area contributed by atoms with Crippen molar-refractivity contribution in [3.63, 3.8) is 0 Å². The van der Waals surface area contributed by atoms with E-state index in [1.807, 2.05) is 24.3 Å². The minimum absolute atomic E-state index is 0.0127. The van der Waals surface area contributed by atoms with Crippen molar-refractivity contribution in [2.24, 2.45) is 0 Å². The Labute approximate surface area is 111 Å². The van der Waals surface area contributed by atoms with E-state index < -0.39 is 5.97 Å². The molecule has 0 fully saturated rings. The van der Waals surface area contributed by atoms with Crippen LogP contribution in [0, 0.1) is 0 Å². The third kappa shape index (κ3) is 3.34. The van der Waals surface area contributed by atoms with E-state index in [-0.39, 0.29) is 12.4 Å². The molecule has 2 rings (SSSR count). The van der Waals surface area contributed by atoms with Gasteiger partial charge in [0.15, 0.2) is 12.4 Å². The van der Waals surface area contributed by atoms with Gasteiger partial charge >= 0.3 is 5.97 Å². The lowest BCUT2D eigenvalue weighted by molar-refractivity contribution is 0.0688. The molecule has 0 radical (unpaired) electrons. The maximum Gasteiger partial charge on any atom is 0.356 e. The molecule has 1 N–H and O–H groups in total. The van der Waals surface area contributed by atoms with E-state index in [1.54, 1.807) is 6.20 Å². The summed E-state index contributed by atoms with van der Waals surface area (Å²) in [5.41, 5.74) is 1.26. The highest BCUT2D eigenvalue weighted by molar-refractivity contribution is 5.84. The van der Waals surface area contributed by atoms with Gasteiger partial charge in [0.1, 0.15) is 5.75 Å². The zero-order valence-electron chi connectivity index (χ0n) is 10.9. The molecule has 0 aliphatic heterocycles. The second-order valence-electron chi connectivity index (χ2n) is 4.54. The Balaban J connectivity index is 1.96. The van der Waals surface area contributed by atoms with Gasteiger partial charge in [-0.15, -0.1) is 0 Å². The van der Waals surface area contributed by atoms with Gasteiger partial charge in [0, 0.05) is 6.20 Å². The molecule has 0 saturated heterocycles. The second kappa shape index (κ2) is 5.56. The third-order valence-corrected chi connectivity index (χ3v) is 2.77. The first-order chi connectivity index (χ1) is 9.06. The Hall–Kier alpha value is -2.30. The van der Waals surface area contributed by atoms with E-state index in [2.05, 4.69) is 18.9 Å². The van der Waals surface area contributed by atoms with Crippen LogP contribution in [0.2, 0.25) is 0 Å². The van der Waals surface area contributed by atoms with Crippen LogP contribution in [0.25, 0.3) is 0 Å². The normalized spacial score (nSPS) is 10.7. The Morgan fingerprint density at radius 3 is 2.53 bits per heavy atom. The van der Waals surface area contributed by atoms with Crippen LogP contribution in [0.1, 0.15) is 35.8 Å². The Morgan fingerprint density at radius 2 is 2.00 bits per heavy atom. The molecule has 1 heterocycles. The fourth-order valence-corrected chi connectivity index (χ4v) is 1.64. The zero-order chi connectivity index (χ0) is 13.8. The fourth-order valence-electron chi connectivity index (χ4n) is 1.64. The Bertz CT molecular complexity index is 558. The Kier molecular flexibility index (Phi) is 3.85. The molecule has 0 spiro atoms. The van der Waals surface area contributed by atoms with E-state index in [1.165, 1.54) is 16.3 Å². The van der Waals surface area contributed by atoms with Crippen LogP contribution in [-0.2, 0) is 6.73 Å². The average molecular weight is 260 g/mol. The molecule has 5 heteroatoms. The number of hydrogen-bond acceptors (Lipinski definition) is 3. The molecule has 0 aliphatic rings. The number of rotatable bonds is 5. The van der Waals surface area contributed by atoms with E-state index in [0.717, 1.165) is 5.75 Å². The predicted octanol–water partition coefficient (Wildman–Crippen LogP) is 2.74. The highest BCUT2D eigenvalue weighted by Crippen LogP contribution is 2.18. The van der Waals surface area contributed by atoms with Gasteiger partial charge < -0.3 is 9.84 Å².